The van der Waals surface area contributed by atoms with Crippen molar-refractivity contribution < 1.29 is 17.9 Å². The zero-order valence-corrected chi connectivity index (χ0v) is 14.5. The summed E-state index contributed by atoms with van der Waals surface area (Å²) in [6.45, 7) is 1.89. The lowest BCUT2D eigenvalue weighted by atomic mass is 10.1. The van der Waals surface area contributed by atoms with Crippen LogP contribution in [0.25, 0.3) is 10.9 Å². The second-order valence-corrected chi connectivity index (χ2v) is 8.55. The molecule has 130 valence electrons. The Balaban J connectivity index is 1.95. The van der Waals surface area contributed by atoms with Gasteiger partial charge in [-0.3, -0.25) is 0 Å². The van der Waals surface area contributed by atoms with Gasteiger partial charge in [0.15, 0.2) is 0 Å². The minimum atomic E-state index is -3.76. The van der Waals surface area contributed by atoms with E-state index in [1.807, 2.05) is 6.92 Å². The third-order valence-corrected chi connectivity index (χ3v) is 6.64. The SMILES string of the molecule is Cc1ccc(S(=O)(=O)c2[nH]c3ccc(F)cc3c2C2C[C@@H]2CO)cc1. The number of benzene rings is 2. The molecule has 25 heavy (non-hydrogen) atoms. The van der Waals surface area contributed by atoms with Gasteiger partial charge in [0.1, 0.15) is 10.8 Å². The Labute approximate surface area is 145 Å². The Morgan fingerprint density at radius 3 is 2.56 bits per heavy atom. The fourth-order valence-electron chi connectivity index (χ4n) is 3.38. The highest BCUT2D eigenvalue weighted by atomic mass is 32.2. The summed E-state index contributed by atoms with van der Waals surface area (Å²) >= 11 is 0. The van der Waals surface area contributed by atoms with E-state index in [4.69, 9.17) is 0 Å². The fraction of sp³-hybridized carbons (Fsp3) is 0.263. The standard InChI is InChI=1S/C19H18FNO3S/c1-11-2-5-14(6-3-11)25(23,24)19-18(15-8-12(15)10-22)16-9-13(20)4-7-17(16)21-19/h2-7,9,12,15,21-22H,8,10H2,1H3/t12-,15?/m1/s1. The van der Waals surface area contributed by atoms with E-state index in [0.29, 0.717) is 22.9 Å². The molecule has 0 spiro atoms. The van der Waals surface area contributed by atoms with E-state index in [0.717, 1.165) is 5.56 Å². The van der Waals surface area contributed by atoms with Crippen molar-refractivity contribution in [2.24, 2.45) is 5.92 Å². The molecule has 1 aliphatic rings. The van der Waals surface area contributed by atoms with Crippen molar-refractivity contribution in [1.82, 2.24) is 4.98 Å². The molecule has 0 aliphatic heterocycles. The van der Waals surface area contributed by atoms with Gasteiger partial charge in [0, 0.05) is 23.1 Å². The van der Waals surface area contributed by atoms with Crippen molar-refractivity contribution in [3.8, 4) is 0 Å². The number of aliphatic hydroxyl groups is 1. The number of hydrogen-bond acceptors (Lipinski definition) is 3. The lowest BCUT2D eigenvalue weighted by Gasteiger charge is -2.07. The lowest BCUT2D eigenvalue weighted by molar-refractivity contribution is 0.274. The van der Waals surface area contributed by atoms with Crippen LogP contribution in [0.3, 0.4) is 0 Å². The van der Waals surface area contributed by atoms with Crippen LogP contribution < -0.4 is 0 Å². The average Bonchev–Trinajstić information content (AvgIpc) is 3.27. The normalized spacial score (nSPS) is 20.1. The topological polar surface area (TPSA) is 70.2 Å². The quantitative estimate of drug-likeness (QED) is 0.748. The van der Waals surface area contributed by atoms with Crippen LogP contribution in [0, 0.1) is 18.7 Å². The summed E-state index contributed by atoms with van der Waals surface area (Å²) in [5.41, 5.74) is 2.15. The maximum Gasteiger partial charge on any atom is 0.222 e. The number of aromatic nitrogens is 1. The van der Waals surface area contributed by atoms with E-state index >= 15 is 0 Å². The number of sulfone groups is 1. The number of fused-ring (bicyclic) bond motifs is 1. The molecule has 1 saturated carbocycles. The summed E-state index contributed by atoms with van der Waals surface area (Å²) in [4.78, 5) is 3.18. The molecule has 6 heteroatoms. The Morgan fingerprint density at radius 1 is 1.20 bits per heavy atom. The van der Waals surface area contributed by atoms with Gasteiger partial charge in [-0.2, -0.15) is 0 Å². The zero-order chi connectivity index (χ0) is 17.8. The molecular formula is C19H18FNO3S. The third kappa shape index (κ3) is 2.65. The van der Waals surface area contributed by atoms with Crippen molar-refractivity contribution >= 4 is 20.7 Å². The number of rotatable bonds is 4. The van der Waals surface area contributed by atoms with Gasteiger partial charge in [0.05, 0.1) is 4.90 Å². The first kappa shape index (κ1) is 16.3. The van der Waals surface area contributed by atoms with Crippen molar-refractivity contribution in [2.75, 3.05) is 6.61 Å². The van der Waals surface area contributed by atoms with E-state index in [9.17, 15) is 17.9 Å². The molecule has 3 aromatic rings. The van der Waals surface area contributed by atoms with Gasteiger partial charge in [0.25, 0.3) is 0 Å². The summed E-state index contributed by atoms with van der Waals surface area (Å²) in [6, 6.07) is 10.9. The second-order valence-electron chi connectivity index (χ2n) is 6.66. The molecule has 1 fully saturated rings. The molecule has 4 nitrogen and oxygen atoms in total. The average molecular weight is 359 g/mol. The lowest BCUT2D eigenvalue weighted by Crippen LogP contribution is -2.05. The van der Waals surface area contributed by atoms with Gasteiger partial charge in [-0.25, -0.2) is 12.8 Å². The van der Waals surface area contributed by atoms with Crippen LogP contribution in [0.5, 0.6) is 0 Å². The number of H-pyrrole nitrogens is 1. The largest absolute Gasteiger partial charge is 0.396 e. The number of aryl methyl sites for hydroxylation is 1. The van der Waals surface area contributed by atoms with E-state index in [2.05, 4.69) is 4.98 Å². The summed E-state index contributed by atoms with van der Waals surface area (Å²) in [5, 5.41) is 10.1. The molecule has 2 aromatic carbocycles. The van der Waals surface area contributed by atoms with Crippen LogP contribution >= 0.6 is 0 Å². The maximum atomic E-state index is 13.7. The van der Waals surface area contributed by atoms with Gasteiger partial charge in [-0.1, -0.05) is 17.7 Å². The number of hydrogen-bond donors (Lipinski definition) is 2. The molecule has 2 N–H and O–H groups in total. The van der Waals surface area contributed by atoms with Gasteiger partial charge in [-0.05, 0) is 55.5 Å². The van der Waals surface area contributed by atoms with E-state index in [1.54, 1.807) is 30.3 Å². The summed E-state index contributed by atoms with van der Waals surface area (Å²) in [5.74, 6) is -0.460. The van der Waals surface area contributed by atoms with Gasteiger partial charge in [0.2, 0.25) is 9.84 Å². The third-order valence-electron chi connectivity index (χ3n) is 4.89. The Kier molecular flexibility index (Phi) is 3.70. The van der Waals surface area contributed by atoms with E-state index < -0.39 is 15.7 Å². The highest BCUT2D eigenvalue weighted by Crippen LogP contribution is 2.52. The van der Waals surface area contributed by atoms with Crippen molar-refractivity contribution in [1.29, 1.82) is 0 Å². The predicted octanol–water partition coefficient (Wildman–Crippen LogP) is 3.54. The molecule has 2 atom stereocenters. The highest BCUT2D eigenvalue weighted by molar-refractivity contribution is 7.91. The van der Waals surface area contributed by atoms with Crippen molar-refractivity contribution in [2.45, 2.75) is 29.2 Å². The minimum Gasteiger partial charge on any atom is -0.396 e. The Hall–Kier alpha value is -2.18. The van der Waals surface area contributed by atoms with Gasteiger partial charge < -0.3 is 10.1 Å². The summed E-state index contributed by atoms with van der Waals surface area (Å²) < 4.78 is 40.1. The fourth-order valence-corrected chi connectivity index (χ4v) is 4.90. The number of aliphatic hydroxyl groups excluding tert-OH is 1. The minimum absolute atomic E-state index is 0.00330. The molecule has 4 rings (SSSR count). The van der Waals surface area contributed by atoms with Crippen molar-refractivity contribution in [3.63, 3.8) is 0 Å². The predicted molar refractivity (Wildman–Crippen MR) is 92.8 cm³/mol. The zero-order valence-electron chi connectivity index (χ0n) is 13.7. The second kappa shape index (κ2) is 5.68. The van der Waals surface area contributed by atoms with Gasteiger partial charge >= 0.3 is 0 Å². The number of aromatic amines is 1. The molecule has 1 aliphatic carbocycles. The molecule has 1 unspecified atom stereocenters. The van der Waals surface area contributed by atoms with Crippen LogP contribution in [0.2, 0.25) is 0 Å². The Morgan fingerprint density at radius 2 is 1.92 bits per heavy atom. The maximum absolute atomic E-state index is 13.7. The van der Waals surface area contributed by atoms with Crippen LogP contribution in [0.1, 0.15) is 23.5 Å². The van der Waals surface area contributed by atoms with E-state index in [-0.39, 0.29) is 28.4 Å². The summed E-state index contributed by atoms with van der Waals surface area (Å²) in [6.07, 6.45) is 0.705. The Bertz CT molecular complexity index is 1050. The monoisotopic (exact) mass is 359 g/mol. The van der Waals surface area contributed by atoms with Crippen molar-refractivity contribution in [3.05, 3.63) is 59.4 Å². The first-order valence-corrected chi connectivity index (χ1v) is 9.64. The first-order chi connectivity index (χ1) is 11.9. The van der Waals surface area contributed by atoms with Crippen LogP contribution in [-0.4, -0.2) is 25.1 Å². The molecule has 1 aromatic heterocycles. The number of halogens is 1. The van der Waals surface area contributed by atoms with Crippen LogP contribution in [-0.2, 0) is 9.84 Å². The first-order valence-electron chi connectivity index (χ1n) is 8.15. The molecule has 0 bridgehead atoms. The highest BCUT2D eigenvalue weighted by Gasteiger charge is 2.43. The molecular weight excluding hydrogens is 341 g/mol. The van der Waals surface area contributed by atoms with Gasteiger partial charge in [-0.15, -0.1) is 0 Å². The molecule has 1 heterocycles. The van der Waals surface area contributed by atoms with Crippen LogP contribution in [0.15, 0.2) is 52.4 Å². The summed E-state index contributed by atoms with van der Waals surface area (Å²) in [7, 11) is -3.76. The van der Waals surface area contributed by atoms with Crippen LogP contribution in [0.4, 0.5) is 4.39 Å². The molecule has 0 amide bonds. The molecule has 0 radical (unpaired) electrons. The molecule has 0 saturated heterocycles. The number of nitrogens with one attached hydrogen (secondary N) is 1. The smallest absolute Gasteiger partial charge is 0.222 e. The van der Waals surface area contributed by atoms with E-state index in [1.165, 1.54) is 12.1 Å².